The zero-order valence-corrected chi connectivity index (χ0v) is 8.13. The molecule has 0 aliphatic rings. The van der Waals surface area contributed by atoms with Crippen molar-refractivity contribution >= 4 is 5.97 Å². The molecule has 0 rings (SSSR count). The summed E-state index contributed by atoms with van der Waals surface area (Å²) in [5.41, 5.74) is 1.19. The number of aliphatic carboxylic acids is 1. The van der Waals surface area contributed by atoms with E-state index in [0.29, 0.717) is 5.92 Å². The molecule has 0 saturated carbocycles. The van der Waals surface area contributed by atoms with E-state index in [1.54, 1.807) is 0 Å². The van der Waals surface area contributed by atoms with Gasteiger partial charge in [-0.3, -0.25) is 4.79 Å². The number of carbonyl (C=O) groups is 1. The molecule has 0 saturated heterocycles. The summed E-state index contributed by atoms with van der Waals surface area (Å²) in [6.07, 6.45) is 4.25. The highest BCUT2D eigenvalue weighted by molar-refractivity contribution is 5.68. The van der Waals surface area contributed by atoms with E-state index < -0.39 is 5.97 Å². The maximum absolute atomic E-state index is 10.2. The summed E-state index contributed by atoms with van der Waals surface area (Å²) in [6, 6.07) is 0. The lowest BCUT2D eigenvalue weighted by atomic mass is 9.97. The highest BCUT2D eigenvalue weighted by Crippen LogP contribution is 2.15. The Bertz CT molecular complexity index is 171. The normalized spacial score (nSPS) is 14.4. The Morgan fingerprint density at radius 1 is 1.58 bits per heavy atom. The predicted molar refractivity (Wildman–Crippen MR) is 50.1 cm³/mol. The first-order valence-corrected chi connectivity index (χ1v) is 4.46. The van der Waals surface area contributed by atoms with Crippen LogP contribution in [0, 0.1) is 5.92 Å². The summed E-state index contributed by atoms with van der Waals surface area (Å²) in [6.45, 7) is 6.28. The summed E-state index contributed by atoms with van der Waals surface area (Å²) in [4.78, 5) is 10.2. The lowest BCUT2D eigenvalue weighted by molar-refractivity contribution is -0.136. The monoisotopic (exact) mass is 170 g/mol. The molecule has 2 heteroatoms. The summed E-state index contributed by atoms with van der Waals surface area (Å²) >= 11 is 0. The van der Waals surface area contributed by atoms with Crippen molar-refractivity contribution < 1.29 is 9.90 Å². The van der Waals surface area contributed by atoms with Crippen LogP contribution in [0.25, 0.3) is 0 Å². The van der Waals surface area contributed by atoms with Crippen LogP contribution in [0.1, 0.15) is 40.0 Å². The molecule has 0 heterocycles. The largest absolute Gasteiger partial charge is 0.481 e. The van der Waals surface area contributed by atoms with Crippen LogP contribution in [0.4, 0.5) is 0 Å². The highest BCUT2D eigenvalue weighted by atomic mass is 16.4. The molecule has 2 nitrogen and oxygen atoms in total. The quantitative estimate of drug-likeness (QED) is 0.644. The van der Waals surface area contributed by atoms with E-state index in [1.165, 1.54) is 5.57 Å². The number of hydrogen-bond donors (Lipinski definition) is 1. The van der Waals surface area contributed by atoms with Gasteiger partial charge in [-0.1, -0.05) is 31.9 Å². The van der Waals surface area contributed by atoms with E-state index in [9.17, 15) is 4.79 Å². The van der Waals surface area contributed by atoms with Crippen molar-refractivity contribution in [3.05, 3.63) is 11.6 Å². The zero-order valence-electron chi connectivity index (χ0n) is 8.13. The van der Waals surface area contributed by atoms with Crippen LogP contribution in [-0.4, -0.2) is 11.1 Å². The summed E-state index contributed by atoms with van der Waals surface area (Å²) < 4.78 is 0. The first-order valence-electron chi connectivity index (χ1n) is 4.46. The number of carboxylic acids is 1. The third-order valence-corrected chi connectivity index (χ3v) is 2.10. The van der Waals surface area contributed by atoms with E-state index in [-0.39, 0.29) is 6.42 Å². The second kappa shape index (κ2) is 5.81. The Labute approximate surface area is 74.3 Å². The Morgan fingerprint density at radius 3 is 2.58 bits per heavy atom. The minimum Gasteiger partial charge on any atom is -0.481 e. The summed E-state index contributed by atoms with van der Waals surface area (Å²) in [5.74, 6) is -0.229. The van der Waals surface area contributed by atoms with Gasteiger partial charge in [0.2, 0.25) is 0 Å². The smallest absolute Gasteiger partial charge is 0.307 e. The first-order chi connectivity index (χ1) is 5.57. The number of hydrogen-bond acceptors (Lipinski definition) is 1. The van der Waals surface area contributed by atoms with Gasteiger partial charge in [0, 0.05) is 0 Å². The van der Waals surface area contributed by atoms with Crippen molar-refractivity contribution in [2.45, 2.75) is 40.0 Å². The van der Waals surface area contributed by atoms with E-state index in [0.717, 1.165) is 12.8 Å². The van der Waals surface area contributed by atoms with E-state index in [2.05, 4.69) is 13.8 Å². The fourth-order valence-electron chi connectivity index (χ4n) is 1.11. The SMILES string of the molecule is CCCC(C)/C(C)=C/CC(=O)O. The summed E-state index contributed by atoms with van der Waals surface area (Å²) in [7, 11) is 0. The van der Waals surface area contributed by atoms with Crippen molar-refractivity contribution in [1.29, 1.82) is 0 Å². The maximum Gasteiger partial charge on any atom is 0.307 e. The van der Waals surface area contributed by atoms with E-state index in [1.807, 2.05) is 13.0 Å². The fraction of sp³-hybridized carbons (Fsp3) is 0.700. The minimum atomic E-state index is -0.752. The molecule has 1 N–H and O–H groups in total. The molecule has 0 bridgehead atoms. The third-order valence-electron chi connectivity index (χ3n) is 2.10. The standard InChI is InChI=1S/C10H18O2/c1-4-5-8(2)9(3)6-7-10(11)12/h6,8H,4-5,7H2,1-3H3,(H,11,12)/b9-6+. The lowest BCUT2D eigenvalue weighted by Gasteiger charge is -2.09. The Hall–Kier alpha value is -0.790. The molecule has 12 heavy (non-hydrogen) atoms. The van der Waals surface area contributed by atoms with Gasteiger partial charge < -0.3 is 5.11 Å². The molecule has 0 fully saturated rings. The van der Waals surface area contributed by atoms with Gasteiger partial charge in [0.1, 0.15) is 0 Å². The predicted octanol–water partition coefficient (Wildman–Crippen LogP) is 2.84. The van der Waals surface area contributed by atoms with Crippen molar-refractivity contribution in [1.82, 2.24) is 0 Å². The molecule has 0 aromatic rings. The first kappa shape index (κ1) is 11.2. The molecule has 1 unspecified atom stereocenters. The van der Waals surface area contributed by atoms with Gasteiger partial charge in [-0.2, -0.15) is 0 Å². The molecular formula is C10H18O2. The molecule has 0 aromatic heterocycles. The van der Waals surface area contributed by atoms with Crippen LogP contribution < -0.4 is 0 Å². The van der Waals surface area contributed by atoms with Crippen LogP contribution in [0.5, 0.6) is 0 Å². The van der Waals surface area contributed by atoms with Gasteiger partial charge in [0.05, 0.1) is 6.42 Å². The topological polar surface area (TPSA) is 37.3 Å². The molecule has 0 aromatic carbocycles. The second-order valence-electron chi connectivity index (χ2n) is 3.24. The van der Waals surface area contributed by atoms with Crippen molar-refractivity contribution in [3.8, 4) is 0 Å². The van der Waals surface area contributed by atoms with Gasteiger partial charge in [-0.25, -0.2) is 0 Å². The summed E-state index contributed by atoms with van der Waals surface area (Å²) in [5, 5.41) is 8.43. The third kappa shape index (κ3) is 4.94. The van der Waals surface area contributed by atoms with Crippen LogP contribution in [0.2, 0.25) is 0 Å². The van der Waals surface area contributed by atoms with Gasteiger partial charge in [-0.05, 0) is 19.3 Å². The number of allylic oxidation sites excluding steroid dienone is 1. The molecule has 0 amide bonds. The van der Waals surface area contributed by atoms with Gasteiger partial charge in [0.15, 0.2) is 0 Å². The van der Waals surface area contributed by atoms with Crippen molar-refractivity contribution in [3.63, 3.8) is 0 Å². The second-order valence-corrected chi connectivity index (χ2v) is 3.24. The lowest BCUT2D eigenvalue weighted by Crippen LogP contribution is -1.98. The van der Waals surface area contributed by atoms with Crippen LogP contribution in [0.15, 0.2) is 11.6 Å². The van der Waals surface area contributed by atoms with Crippen molar-refractivity contribution in [2.75, 3.05) is 0 Å². The number of carboxylic acid groups (broad SMARTS) is 1. The molecule has 0 aliphatic heterocycles. The fourth-order valence-corrected chi connectivity index (χ4v) is 1.11. The molecule has 0 spiro atoms. The maximum atomic E-state index is 10.2. The van der Waals surface area contributed by atoms with E-state index >= 15 is 0 Å². The zero-order chi connectivity index (χ0) is 9.56. The van der Waals surface area contributed by atoms with Crippen LogP contribution in [0.3, 0.4) is 0 Å². The Balaban J connectivity index is 3.89. The molecule has 1 atom stereocenters. The van der Waals surface area contributed by atoms with Crippen LogP contribution in [-0.2, 0) is 4.79 Å². The van der Waals surface area contributed by atoms with Gasteiger partial charge in [0.25, 0.3) is 0 Å². The average molecular weight is 170 g/mol. The average Bonchev–Trinajstić information content (AvgIpc) is 2.00. The van der Waals surface area contributed by atoms with Gasteiger partial charge >= 0.3 is 5.97 Å². The van der Waals surface area contributed by atoms with Crippen molar-refractivity contribution in [2.24, 2.45) is 5.92 Å². The minimum absolute atomic E-state index is 0.153. The van der Waals surface area contributed by atoms with Gasteiger partial charge in [-0.15, -0.1) is 0 Å². The molecule has 70 valence electrons. The number of rotatable bonds is 5. The molecular weight excluding hydrogens is 152 g/mol. The Kier molecular flexibility index (Phi) is 5.43. The molecule has 0 radical (unpaired) electrons. The Morgan fingerprint density at radius 2 is 2.17 bits per heavy atom. The van der Waals surface area contributed by atoms with E-state index in [4.69, 9.17) is 5.11 Å². The molecule has 0 aliphatic carbocycles. The van der Waals surface area contributed by atoms with Crippen LogP contribution >= 0.6 is 0 Å². The highest BCUT2D eigenvalue weighted by Gasteiger charge is 2.02.